The lowest BCUT2D eigenvalue weighted by Crippen LogP contribution is -2.23. The topological polar surface area (TPSA) is 49.8 Å². The van der Waals surface area contributed by atoms with Crippen molar-refractivity contribution in [1.82, 2.24) is 9.97 Å². The number of hydrogen-bond donors (Lipinski definition) is 2. The lowest BCUT2D eigenvalue weighted by atomic mass is 9.95. The van der Waals surface area contributed by atoms with Crippen molar-refractivity contribution in [3.63, 3.8) is 0 Å². The van der Waals surface area contributed by atoms with Gasteiger partial charge in [-0.2, -0.15) is 4.98 Å². The summed E-state index contributed by atoms with van der Waals surface area (Å²) in [5.41, 5.74) is 2.10. The Morgan fingerprint density at radius 3 is 2.58 bits per heavy atom. The van der Waals surface area contributed by atoms with Crippen LogP contribution in [0.1, 0.15) is 51.9 Å². The number of rotatable bonds is 7. The molecule has 1 aliphatic rings. The third-order valence-corrected chi connectivity index (χ3v) is 4.57. The molecule has 4 heteroatoms. The zero-order chi connectivity index (χ0) is 16.6. The molecule has 128 valence electrons. The van der Waals surface area contributed by atoms with E-state index in [-0.39, 0.29) is 0 Å². The lowest BCUT2D eigenvalue weighted by molar-refractivity contribution is 0.462. The molecule has 24 heavy (non-hydrogen) atoms. The maximum Gasteiger partial charge on any atom is 0.225 e. The Hall–Kier alpha value is -2.10. The lowest BCUT2D eigenvalue weighted by Gasteiger charge is -2.23. The molecule has 1 saturated carbocycles. The number of aromatic nitrogens is 2. The number of nitrogens with zero attached hydrogens (tertiary/aromatic N) is 2. The Balaban J connectivity index is 1.81. The van der Waals surface area contributed by atoms with Gasteiger partial charge in [-0.25, -0.2) is 4.98 Å². The van der Waals surface area contributed by atoms with E-state index in [1.165, 1.54) is 38.5 Å². The van der Waals surface area contributed by atoms with E-state index in [0.29, 0.717) is 6.04 Å². The first-order valence-corrected chi connectivity index (χ1v) is 9.30. The SMILES string of the molecule is CCCCNc1nc(NC2CCCCC2)cc(-c2ccccc2)n1. The van der Waals surface area contributed by atoms with E-state index in [0.717, 1.165) is 36.0 Å². The zero-order valence-corrected chi connectivity index (χ0v) is 14.6. The van der Waals surface area contributed by atoms with Crippen molar-refractivity contribution in [2.45, 2.75) is 57.9 Å². The molecule has 3 rings (SSSR count). The molecule has 2 N–H and O–H groups in total. The maximum atomic E-state index is 4.71. The van der Waals surface area contributed by atoms with Crippen LogP contribution in [-0.4, -0.2) is 22.6 Å². The zero-order valence-electron chi connectivity index (χ0n) is 14.6. The van der Waals surface area contributed by atoms with Crippen molar-refractivity contribution < 1.29 is 0 Å². The molecular formula is C20H28N4. The van der Waals surface area contributed by atoms with E-state index in [2.05, 4.69) is 47.9 Å². The summed E-state index contributed by atoms with van der Waals surface area (Å²) in [6.45, 7) is 3.11. The maximum absolute atomic E-state index is 4.71. The molecular weight excluding hydrogens is 296 g/mol. The first kappa shape index (κ1) is 16.7. The van der Waals surface area contributed by atoms with E-state index >= 15 is 0 Å². The molecule has 2 aromatic rings. The van der Waals surface area contributed by atoms with Gasteiger partial charge in [0.25, 0.3) is 0 Å². The fourth-order valence-corrected chi connectivity index (χ4v) is 3.19. The second-order valence-electron chi connectivity index (χ2n) is 6.59. The van der Waals surface area contributed by atoms with Crippen molar-refractivity contribution in [2.75, 3.05) is 17.2 Å². The molecule has 0 unspecified atom stereocenters. The highest BCUT2D eigenvalue weighted by Crippen LogP contribution is 2.25. The van der Waals surface area contributed by atoms with Crippen LogP contribution in [0.4, 0.5) is 11.8 Å². The van der Waals surface area contributed by atoms with Gasteiger partial charge in [-0.1, -0.05) is 62.9 Å². The largest absolute Gasteiger partial charge is 0.367 e. The van der Waals surface area contributed by atoms with E-state index in [9.17, 15) is 0 Å². The van der Waals surface area contributed by atoms with Crippen molar-refractivity contribution in [1.29, 1.82) is 0 Å². The van der Waals surface area contributed by atoms with Gasteiger partial charge in [-0.3, -0.25) is 0 Å². The highest BCUT2D eigenvalue weighted by atomic mass is 15.1. The molecule has 0 radical (unpaired) electrons. The predicted molar refractivity (Wildman–Crippen MR) is 101 cm³/mol. The Labute approximate surface area is 145 Å². The van der Waals surface area contributed by atoms with Crippen LogP contribution in [0.2, 0.25) is 0 Å². The third-order valence-electron chi connectivity index (χ3n) is 4.57. The highest BCUT2D eigenvalue weighted by molar-refractivity contribution is 5.64. The summed E-state index contributed by atoms with van der Waals surface area (Å²) in [4.78, 5) is 9.40. The summed E-state index contributed by atoms with van der Waals surface area (Å²) in [6.07, 6.45) is 8.77. The fraction of sp³-hybridized carbons (Fsp3) is 0.500. The standard InChI is InChI=1S/C20H28N4/c1-2-3-14-21-20-23-18(16-10-6-4-7-11-16)15-19(24-20)22-17-12-8-5-9-13-17/h4,6-7,10-11,15,17H,2-3,5,8-9,12-14H2,1H3,(H2,21,22,23,24). The van der Waals surface area contributed by atoms with Crippen LogP contribution in [-0.2, 0) is 0 Å². The third kappa shape index (κ3) is 4.70. The molecule has 1 aromatic heterocycles. The van der Waals surface area contributed by atoms with E-state index in [1.807, 2.05) is 6.07 Å². The van der Waals surface area contributed by atoms with E-state index in [1.54, 1.807) is 0 Å². The Kier molecular flexibility index (Phi) is 6.05. The van der Waals surface area contributed by atoms with Crippen LogP contribution in [0.15, 0.2) is 36.4 Å². The normalized spacial score (nSPS) is 15.2. The van der Waals surface area contributed by atoms with Gasteiger partial charge < -0.3 is 10.6 Å². The molecule has 4 nitrogen and oxygen atoms in total. The Bertz CT molecular complexity index is 621. The van der Waals surface area contributed by atoms with Crippen molar-refractivity contribution >= 4 is 11.8 Å². The Morgan fingerprint density at radius 2 is 1.83 bits per heavy atom. The first-order valence-electron chi connectivity index (χ1n) is 9.30. The minimum Gasteiger partial charge on any atom is -0.367 e. The highest BCUT2D eigenvalue weighted by Gasteiger charge is 2.15. The summed E-state index contributed by atoms with van der Waals surface area (Å²) in [5.74, 6) is 1.66. The molecule has 1 heterocycles. The van der Waals surface area contributed by atoms with Gasteiger partial charge in [0, 0.05) is 24.2 Å². The van der Waals surface area contributed by atoms with Crippen LogP contribution in [0.5, 0.6) is 0 Å². The second-order valence-corrected chi connectivity index (χ2v) is 6.59. The van der Waals surface area contributed by atoms with Gasteiger partial charge in [0.2, 0.25) is 5.95 Å². The summed E-state index contributed by atoms with van der Waals surface area (Å²) >= 11 is 0. The first-order chi connectivity index (χ1) is 11.8. The van der Waals surface area contributed by atoms with Gasteiger partial charge in [-0.15, -0.1) is 0 Å². The molecule has 0 atom stereocenters. The fourth-order valence-electron chi connectivity index (χ4n) is 3.19. The summed E-state index contributed by atoms with van der Waals surface area (Å²) < 4.78 is 0. The van der Waals surface area contributed by atoms with Crippen LogP contribution >= 0.6 is 0 Å². The molecule has 0 saturated heterocycles. The van der Waals surface area contributed by atoms with Crippen LogP contribution < -0.4 is 10.6 Å². The van der Waals surface area contributed by atoms with Crippen molar-refractivity contribution in [2.24, 2.45) is 0 Å². The van der Waals surface area contributed by atoms with Crippen molar-refractivity contribution in [3.8, 4) is 11.3 Å². The minimum atomic E-state index is 0.542. The predicted octanol–water partition coefficient (Wildman–Crippen LogP) is 5.10. The number of benzene rings is 1. The van der Waals surface area contributed by atoms with Gasteiger partial charge in [-0.05, 0) is 19.3 Å². The van der Waals surface area contributed by atoms with Crippen LogP contribution in [0.3, 0.4) is 0 Å². The van der Waals surface area contributed by atoms with Crippen LogP contribution in [0, 0.1) is 0 Å². The smallest absolute Gasteiger partial charge is 0.225 e. The molecule has 0 bridgehead atoms. The van der Waals surface area contributed by atoms with Gasteiger partial charge in [0.05, 0.1) is 5.69 Å². The van der Waals surface area contributed by atoms with Gasteiger partial charge >= 0.3 is 0 Å². The van der Waals surface area contributed by atoms with E-state index in [4.69, 9.17) is 9.97 Å². The molecule has 1 aromatic carbocycles. The second kappa shape index (κ2) is 8.67. The van der Waals surface area contributed by atoms with Gasteiger partial charge in [0.1, 0.15) is 5.82 Å². The Morgan fingerprint density at radius 1 is 1.04 bits per heavy atom. The minimum absolute atomic E-state index is 0.542. The average molecular weight is 324 g/mol. The van der Waals surface area contributed by atoms with Gasteiger partial charge in [0.15, 0.2) is 0 Å². The molecule has 1 fully saturated rings. The number of unbranched alkanes of at least 4 members (excludes halogenated alkanes) is 1. The number of hydrogen-bond acceptors (Lipinski definition) is 4. The quantitative estimate of drug-likeness (QED) is 0.696. The van der Waals surface area contributed by atoms with Crippen LogP contribution in [0.25, 0.3) is 11.3 Å². The molecule has 1 aliphatic carbocycles. The summed E-state index contributed by atoms with van der Waals surface area (Å²) in [5, 5.41) is 7.00. The summed E-state index contributed by atoms with van der Waals surface area (Å²) in [7, 11) is 0. The van der Waals surface area contributed by atoms with E-state index < -0.39 is 0 Å². The number of nitrogens with one attached hydrogen (secondary N) is 2. The van der Waals surface area contributed by atoms with Crippen molar-refractivity contribution in [3.05, 3.63) is 36.4 Å². The number of anilines is 2. The molecule has 0 aliphatic heterocycles. The molecule has 0 amide bonds. The monoisotopic (exact) mass is 324 g/mol. The molecule has 0 spiro atoms. The summed E-state index contributed by atoms with van der Waals surface area (Å²) in [6, 6.07) is 13.0. The average Bonchev–Trinajstić information content (AvgIpc) is 2.63.